The molecule has 1 heterocycles. The molecule has 0 unspecified atom stereocenters. The van der Waals surface area contributed by atoms with Gasteiger partial charge in [0, 0.05) is 22.8 Å². The highest BCUT2D eigenvalue weighted by atomic mass is 15.0. The molecule has 0 aliphatic heterocycles. The van der Waals surface area contributed by atoms with Gasteiger partial charge < -0.3 is 11.1 Å². The van der Waals surface area contributed by atoms with Crippen LogP contribution in [0.4, 0.5) is 11.4 Å². The van der Waals surface area contributed by atoms with E-state index in [0.29, 0.717) is 0 Å². The number of hydrogen-bond donors (Lipinski definition) is 2. The van der Waals surface area contributed by atoms with Gasteiger partial charge in [-0.05, 0) is 49.9 Å². The van der Waals surface area contributed by atoms with Crippen LogP contribution in [0, 0.1) is 0 Å². The maximum Gasteiger partial charge on any atom is 0.0954 e. The summed E-state index contributed by atoms with van der Waals surface area (Å²) in [6.07, 6.45) is 6.81. The summed E-state index contributed by atoms with van der Waals surface area (Å²) in [6, 6.07) is 7.98. The van der Waals surface area contributed by atoms with E-state index in [1.165, 1.54) is 19.3 Å². The summed E-state index contributed by atoms with van der Waals surface area (Å²) < 4.78 is 0. The minimum absolute atomic E-state index is 0.278. The van der Waals surface area contributed by atoms with Crippen molar-refractivity contribution in [2.24, 2.45) is 0 Å². The molecule has 1 fully saturated rings. The molecule has 3 rings (SSSR count). The molecule has 0 amide bonds. The number of hydrogen-bond acceptors (Lipinski definition) is 3. The van der Waals surface area contributed by atoms with Gasteiger partial charge in [-0.25, -0.2) is 0 Å². The van der Waals surface area contributed by atoms with E-state index in [4.69, 9.17) is 5.73 Å². The van der Waals surface area contributed by atoms with Crippen LogP contribution in [0.3, 0.4) is 0 Å². The molecule has 1 saturated carbocycles. The Kier molecular flexibility index (Phi) is 2.62. The smallest absolute Gasteiger partial charge is 0.0954 e. The van der Waals surface area contributed by atoms with Gasteiger partial charge >= 0.3 is 0 Å². The fourth-order valence-electron chi connectivity index (χ4n) is 2.75. The first-order valence-corrected chi connectivity index (χ1v) is 6.65. The summed E-state index contributed by atoms with van der Waals surface area (Å²) in [5, 5.41) is 4.73. The number of benzene rings is 1. The van der Waals surface area contributed by atoms with E-state index < -0.39 is 0 Å². The van der Waals surface area contributed by atoms with Gasteiger partial charge in [0.25, 0.3) is 0 Å². The molecule has 94 valence electrons. The number of aromatic nitrogens is 1. The van der Waals surface area contributed by atoms with Crippen molar-refractivity contribution < 1.29 is 0 Å². The summed E-state index contributed by atoms with van der Waals surface area (Å²) in [5.41, 5.74) is 9.17. The lowest BCUT2D eigenvalue weighted by molar-refractivity contribution is 0.270. The Bertz CT molecular complexity index is 567. The van der Waals surface area contributed by atoms with Crippen LogP contribution >= 0.6 is 0 Å². The topological polar surface area (TPSA) is 50.9 Å². The lowest BCUT2D eigenvalue weighted by Crippen LogP contribution is -2.44. The molecule has 1 aliphatic rings. The Hall–Kier alpha value is -1.77. The molecule has 3 N–H and O–H groups in total. The normalized spacial score (nSPS) is 17.4. The largest absolute Gasteiger partial charge is 0.398 e. The lowest BCUT2D eigenvalue weighted by atomic mass is 9.74. The Balaban J connectivity index is 2.04. The van der Waals surface area contributed by atoms with Gasteiger partial charge in [-0.3, -0.25) is 4.98 Å². The Morgan fingerprint density at radius 3 is 2.83 bits per heavy atom. The van der Waals surface area contributed by atoms with Gasteiger partial charge in [0.05, 0.1) is 11.2 Å². The third-order valence-electron chi connectivity index (χ3n) is 4.19. The lowest BCUT2D eigenvalue weighted by Gasteiger charge is -2.43. The maximum absolute atomic E-state index is 6.00. The molecule has 3 heteroatoms. The quantitative estimate of drug-likeness (QED) is 0.808. The predicted molar refractivity (Wildman–Crippen MR) is 76.7 cm³/mol. The summed E-state index contributed by atoms with van der Waals surface area (Å²) >= 11 is 0. The first-order valence-electron chi connectivity index (χ1n) is 6.65. The van der Waals surface area contributed by atoms with Crippen molar-refractivity contribution >= 4 is 22.3 Å². The van der Waals surface area contributed by atoms with Crippen molar-refractivity contribution in [2.45, 2.75) is 38.1 Å². The van der Waals surface area contributed by atoms with Gasteiger partial charge in [0.1, 0.15) is 0 Å². The van der Waals surface area contributed by atoms with E-state index in [9.17, 15) is 0 Å². The van der Waals surface area contributed by atoms with Crippen LogP contribution < -0.4 is 11.1 Å². The van der Waals surface area contributed by atoms with Gasteiger partial charge in [0.15, 0.2) is 0 Å². The molecule has 1 aromatic carbocycles. The minimum Gasteiger partial charge on any atom is -0.398 e. The maximum atomic E-state index is 6.00. The highest BCUT2D eigenvalue weighted by Crippen LogP contribution is 2.39. The van der Waals surface area contributed by atoms with E-state index >= 15 is 0 Å². The van der Waals surface area contributed by atoms with Crippen molar-refractivity contribution in [2.75, 3.05) is 11.1 Å². The SMILES string of the molecule is CCC1(Nc2ccc(N)c3cccnc23)CCC1. The third kappa shape index (κ3) is 1.70. The second-order valence-electron chi connectivity index (χ2n) is 5.21. The molecule has 3 nitrogen and oxygen atoms in total. The van der Waals surface area contributed by atoms with Gasteiger partial charge in [-0.2, -0.15) is 0 Å². The highest BCUT2D eigenvalue weighted by molar-refractivity contribution is 5.98. The summed E-state index contributed by atoms with van der Waals surface area (Å²) in [6.45, 7) is 2.25. The molecule has 0 radical (unpaired) electrons. The van der Waals surface area contributed by atoms with Crippen LogP contribution in [-0.2, 0) is 0 Å². The van der Waals surface area contributed by atoms with Crippen LogP contribution in [0.15, 0.2) is 30.5 Å². The van der Waals surface area contributed by atoms with Crippen LogP contribution in [-0.4, -0.2) is 10.5 Å². The fourth-order valence-corrected chi connectivity index (χ4v) is 2.75. The van der Waals surface area contributed by atoms with E-state index in [2.05, 4.69) is 23.3 Å². The molecule has 0 bridgehead atoms. The minimum atomic E-state index is 0.278. The molecular weight excluding hydrogens is 222 g/mol. The first kappa shape index (κ1) is 11.3. The van der Waals surface area contributed by atoms with Crippen LogP contribution in [0.25, 0.3) is 10.9 Å². The average Bonchev–Trinajstić information content (AvgIpc) is 2.37. The van der Waals surface area contributed by atoms with Crippen LogP contribution in [0.2, 0.25) is 0 Å². The van der Waals surface area contributed by atoms with E-state index in [0.717, 1.165) is 28.7 Å². The van der Waals surface area contributed by atoms with E-state index in [1.54, 1.807) is 0 Å². The van der Waals surface area contributed by atoms with Crippen molar-refractivity contribution in [3.8, 4) is 0 Å². The zero-order valence-corrected chi connectivity index (χ0v) is 10.7. The summed E-state index contributed by atoms with van der Waals surface area (Å²) in [7, 11) is 0. The van der Waals surface area contributed by atoms with E-state index in [1.807, 2.05) is 24.4 Å². The number of anilines is 2. The van der Waals surface area contributed by atoms with Crippen molar-refractivity contribution in [3.05, 3.63) is 30.5 Å². The molecular formula is C15H19N3. The number of nitrogens with two attached hydrogens (primary N) is 1. The third-order valence-corrected chi connectivity index (χ3v) is 4.19. The monoisotopic (exact) mass is 241 g/mol. The summed E-state index contributed by atoms with van der Waals surface area (Å²) in [5.74, 6) is 0. The number of pyridine rings is 1. The van der Waals surface area contributed by atoms with Crippen LogP contribution in [0.1, 0.15) is 32.6 Å². The number of fused-ring (bicyclic) bond motifs is 1. The number of nitrogens with zero attached hydrogens (tertiary/aromatic N) is 1. The molecule has 0 spiro atoms. The van der Waals surface area contributed by atoms with Crippen LogP contribution in [0.5, 0.6) is 0 Å². The summed E-state index contributed by atoms with van der Waals surface area (Å²) in [4.78, 5) is 4.48. The molecule has 18 heavy (non-hydrogen) atoms. The van der Waals surface area contributed by atoms with Crippen molar-refractivity contribution in [3.63, 3.8) is 0 Å². The molecule has 0 saturated heterocycles. The van der Waals surface area contributed by atoms with Gasteiger partial charge in [0.2, 0.25) is 0 Å². The second-order valence-corrected chi connectivity index (χ2v) is 5.21. The average molecular weight is 241 g/mol. The number of nitrogens with one attached hydrogen (secondary N) is 1. The standard InChI is InChI=1S/C15H19N3/c1-2-15(8-4-9-15)18-13-7-6-12(16)11-5-3-10-17-14(11)13/h3,5-7,10,18H,2,4,8-9,16H2,1H3. The highest BCUT2D eigenvalue weighted by Gasteiger charge is 2.35. The van der Waals surface area contributed by atoms with Gasteiger partial charge in [-0.15, -0.1) is 0 Å². The first-order chi connectivity index (χ1) is 8.74. The Morgan fingerprint density at radius 1 is 1.33 bits per heavy atom. The van der Waals surface area contributed by atoms with Crippen molar-refractivity contribution in [1.29, 1.82) is 0 Å². The van der Waals surface area contributed by atoms with Crippen molar-refractivity contribution in [1.82, 2.24) is 4.98 Å². The Labute approximate surface area is 107 Å². The molecule has 0 atom stereocenters. The zero-order valence-electron chi connectivity index (χ0n) is 10.7. The number of nitrogen functional groups attached to an aromatic ring is 1. The molecule has 1 aliphatic carbocycles. The van der Waals surface area contributed by atoms with Gasteiger partial charge in [-0.1, -0.05) is 6.92 Å². The zero-order chi connectivity index (χ0) is 12.6. The Morgan fingerprint density at radius 2 is 2.17 bits per heavy atom. The predicted octanol–water partition coefficient (Wildman–Crippen LogP) is 3.56. The number of rotatable bonds is 3. The second kappa shape index (κ2) is 4.16. The molecule has 1 aromatic heterocycles. The fraction of sp³-hybridized carbons (Fsp3) is 0.400. The van der Waals surface area contributed by atoms with E-state index in [-0.39, 0.29) is 5.54 Å². The molecule has 2 aromatic rings.